The molecule has 0 aliphatic heterocycles. The largest absolute Gasteiger partial charge is 0.494 e. The van der Waals surface area contributed by atoms with Crippen molar-refractivity contribution in [3.63, 3.8) is 0 Å². The highest BCUT2D eigenvalue weighted by Gasteiger charge is 2.24. The molecule has 34 heavy (non-hydrogen) atoms. The van der Waals surface area contributed by atoms with Gasteiger partial charge in [-0.25, -0.2) is 18.4 Å². The average molecular weight is 495 g/mol. The second-order valence-electron chi connectivity index (χ2n) is 8.52. The topological polar surface area (TPSA) is 85.3 Å². The van der Waals surface area contributed by atoms with E-state index in [2.05, 4.69) is 16.9 Å². The van der Waals surface area contributed by atoms with Gasteiger partial charge in [-0.1, -0.05) is 0 Å². The second-order valence-corrected chi connectivity index (χ2v) is 11.6. The summed E-state index contributed by atoms with van der Waals surface area (Å²) >= 11 is 1.79. The molecule has 1 aliphatic rings. The van der Waals surface area contributed by atoms with Gasteiger partial charge in [0.15, 0.2) is 15.7 Å². The molecule has 0 atom stereocenters. The van der Waals surface area contributed by atoms with Crippen LogP contribution in [0.25, 0.3) is 21.6 Å². The number of fused-ring (bicyclic) bond motifs is 3. The highest BCUT2D eigenvalue weighted by molar-refractivity contribution is 7.90. The number of rotatable bonds is 8. The summed E-state index contributed by atoms with van der Waals surface area (Å²) in [5.74, 6) is 2.32. The molecular formula is C25H26N4O3S2. The minimum atomic E-state index is -3.21. The fraction of sp³-hybridized carbons (Fsp3) is 0.320. The Morgan fingerprint density at radius 3 is 2.68 bits per heavy atom. The Kier molecular flexibility index (Phi) is 6.22. The summed E-state index contributed by atoms with van der Waals surface area (Å²) in [6, 6.07) is 10.4. The Balaban J connectivity index is 1.33. The Bertz CT molecular complexity index is 1420. The number of pyridine rings is 1. The average Bonchev–Trinajstić information content (AvgIpc) is 3.42. The predicted molar refractivity (Wildman–Crippen MR) is 136 cm³/mol. The van der Waals surface area contributed by atoms with Gasteiger partial charge in [0.2, 0.25) is 0 Å². The normalized spacial score (nSPS) is 13.2. The van der Waals surface area contributed by atoms with Gasteiger partial charge in [0.05, 0.1) is 16.9 Å². The number of sulfone groups is 1. The molecule has 3 aromatic heterocycles. The quantitative estimate of drug-likeness (QED) is 0.332. The van der Waals surface area contributed by atoms with Crippen molar-refractivity contribution in [2.75, 3.05) is 31.4 Å². The zero-order valence-corrected chi connectivity index (χ0v) is 20.8. The molecule has 0 fully saturated rings. The zero-order valence-electron chi connectivity index (χ0n) is 19.2. The van der Waals surface area contributed by atoms with Crippen molar-refractivity contribution in [1.29, 1.82) is 0 Å². The van der Waals surface area contributed by atoms with Gasteiger partial charge in [-0.3, -0.25) is 4.98 Å². The van der Waals surface area contributed by atoms with Gasteiger partial charge >= 0.3 is 0 Å². The molecule has 0 radical (unpaired) electrons. The van der Waals surface area contributed by atoms with E-state index in [0.29, 0.717) is 23.1 Å². The van der Waals surface area contributed by atoms with Crippen LogP contribution in [0, 0.1) is 0 Å². The van der Waals surface area contributed by atoms with E-state index in [0.717, 1.165) is 42.0 Å². The fourth-order valence-corrected chi connectivity index (χ4v) is 6.14. The van der Waals surface area contributed by atoms with Crippen LogP contribution in [0.5, 0.6) is 5.75 Å². The Morgan fingerprint density at radius 1 is 1.12 bits per heavy atom. The predicted octanol–water partition coefficient (Wildman–Crippen LogP) is 4.55. The first-order valence-electron chi connectivity index (χ1n) is 11.3. The van der Waals surface area contributed by atoms with Crippen LogP contribution in [-0.4, -0.2) is 49.8 Å². The molecule has 0 N–H and O–H groups in total. The van der Waals surface area contributed by atoms with Gasteiger partial charge in [0, 0.05) is 42.7 Å². The van der Waals surface area contributed by atoms with Gasteiger partial charge < -0.3 is 9.64 Å². The van der Waals surface area contributed by atoms with E-state index in [1.165, 1.54) is 28.5 Å². The minimum absolute atomic E-state index is 0.292. The first-order chi connectivity index (χ1) is 16.4. The van der Waals surface area contributed by atoms with Crippen molar-refractivity contribution in [3.05, 3.63) is 59.2 Å². The van der Waals surface area contributed by atoms with Crippen molar-refractivity contribution >= 4 is 37.2 Å². The fourth-order valence-electron chi connectivity index (χ4n) is 4.26. The van der Waals surface area contributed by atoms with Gasteiger partial charge in [-0.2, -0.15) is 0 Å². The van der Waals surface area contributed by atoms with Gasteiger partial charge in [0.1, 0.15) is 16.4 Å². The second kappa shape index (κ2) is 9.31. The van der Waals surface area contributed by atoms with Crippen LogP contribution in [0.3, 0.4) is 0 Å². The lowest BCUT2D eigenvalue weighted by atomic mass is 10.1. The monoisotopic (exact) mass is 494 g/mol. The molecule has 5 rings (SSSR count). The number of ether oxygens (including phenoxy) is 1. The SMILES string of the molecule is CN(CCCOc1ccc(S(C)(=O)=O)cc1)c1nc(-c2cccnc2)nc2sc3c(c12)CCC3. The number of hydrogen-bond donors (Lipinski definition) is 0. The van der Waals surface area contributed by atoms with E-state index in [9.17, 15) is 8.42 Å². The Labute approximate surface area is 203 Å². The van der Waals surface area contributed by atoms with Gasteiger partial charge in [-0.05, 0) is 67.6 Å². The van der Waals surface area contributed by atoms with Crippen LogP contribution >= 0.6 is 11.3 Å². The molecule has 3 heterocycles. The van der Waals surface area contributed by atoms with Crippen LogP contribution in [0.4, 0.5) is 5.82 Å². The molecule has 9 heteroatoms. The van der Waals surface area contributed by atoms with E-state index in [-0.39, 0.29) is 0 Å². The Hall–Kier alpha value is -3.04. The van der Waals surface area contributed by atoms with Crippen LogP contribution in [-0.2, 0) is 22.7 Å². The number of benzene rings is 1. The number of nitrogens with zero attached hydrogens (tertiary/aromatic N) is 4. The van der Waals surface area contributed by atoms with Crippen LogP contribution in [0.1, 0.15) is 23.3 Å². The highest BCUT2D eigenvalue weighted by Crippen LogP contribution is 2.41. The molecule has 0 saturated carbocycles. The zero-order chi connectivity index (χ0) is 23.7. The number of hydrogen-bond acceptors (Lipinski definition) is 8. The van der Waals surface area contributed by atoms with E-state index < -0.39 is 9.84 Å². The maximum absolute atomic E-state index is 11.6. The summed E-state index contributed by atoms with van der Waals surface area (Å²) in [5.41, 5.74) is 2.32. The maximum atomic E-state index is 11.6. The molecule has 176 valence electrons. The third-order valence-electron chi connectivity index (χ3n) is 5.99. The Morgan fingerprint density at radius 2 is 1.94 bits per heavy atom. The van der Waals surface area contributed by atoms with Crippen molar-refractivity contribution in [3.8, 4) is 17.1 Å². The molecule has 0 saturated heterocycles. The van der Waals surface area contributed by atoms with E-state index in [4.69, 9.17) is 14.7 Å². The van der Waals surface area contributed by atoms with E-state index in [1.807, 2.05) is 12.1 Å². The molecule has 0 unspecified atom stereocenters. The molecule has 1 aromatic carbocycles. The number of aryl methyl sites for hydroxylation is 2. The number of aromatic nitrogens is 3. The van der Waals surface area contributed by atoms with Crippen molar-refractivity contribution in [1.82, 2.24) is 15.0 Å². The number of anilines is 1. The molecule has 0 bridgehead atoms. The first kappa shape index (κ1) is 22.7. The van der Waals surface area contributed by atoms with Crippen molar-refractivity contribution in [2.24, 2.45) is 0 Å². The number of thiophene rings is 1. The minimum Gasteiger partial charge on any atom is -0.494 e. The molecular weight excluding hydrogens is 468 g/mol. The smallest absolute Gasteiger partial charge is 0.175 e. The van der Waals surface area contributed by atoms with E-state index in [1.54, 1.807) is 48.0 Å². The molecule has 7 nitrogen and oxygen atoms in total. The van der Waals surface area contributed by atoms with Crippen molar-refractivity contribution < 1.29 is 13.2 Å². The highest BCUT2D eigenvalue weighted by atomic mass is 32.2. The van der Waals surface area contributed by atoms with Crippen LogP contribution in [0.2, 0.25) is 0 Å². The summed E-state index contributed by atoms with van der Waals surface area (Å²) < 4.78 is 29.1. The van der Waals surface area contributed by atoms with Crippen molar-refractivity contribution in [2.45, 2.75) is 30.6 Å². The summed E-state index contributed by atoms with van der Waals surface area (Å²) in [6.07, 6.45) is 8.94. The lowest BCUT2D eigenvalue weighted by Crippen LogP contribution is -2.22. The van der Waals surface area contributed by atoms with Crippen LogP contribution < -0.4 is 9.64 Å². The van der Waals surface area contributed by atoms with Gasteiger partial charge in [-0.15, -0.1) is 11.3 Å². The summed E-state index contributed by atoms with van der Waals surface area (Å²) in [5, 5.41) is 1.19. The lowest BCUT2D eigenvalue weighted by molar-refractivity contribution is 0.312. The standard InChI is InChI=1S/C25H26N4O3S2/c1-29(14-5-15-32-18-9-11-19(12-10-18)34(2,30)31)24-22-20-7-3-8-21(20)33-25(22)28-23(27-24)17-6-4-13-26-16-17/h4,6,9-13,16H,3,5,7-8,14-15H2,1-2H3. The summed E-state index contributed by atoms with van der Waals surface area (Å²) in [7, 11) is -1.14. The van der Waals surface area contributed by atoms with Crippen LogP contribution in [0.15, 0.2) is 53.7 Å². The molecule has 4 aromatic rings. The lowest BCUT2D eigenvalue weighted by Gasteiger charge is -2.20. The maximum Gasteiger partial charge on any atom is 0.175 e. The molecule has 0 spiro atoms. The first-order valence-corrected chi connectivity index (χ1v) is 14.0. The van der Waals surface area contributed by atoms with E-state index >= 15 is 0 Å². The summed E-state index contributed by atoms with van der Waals surface area (Å²) in [6.45, 7) is 1.29. The third-order valence-corrected chi connectivity index (χ3v) is 8.30. The summed E-state index contributed by atoms with van der Waals surface area (Å²) in [4.78, 5) is 19.0. The van der Waals surface area contributed by atoms with Gasteiger partial charge in [0.25, 0.3) is 0 Å². The third kappa shape index (κ3) is 4.63. The molecule has 0 amide bonds. The molecule has 1 aliphatic carbocycles.